The third kappa shape index (κ3) is 5.01. The lowest BCUT2D eigenvalue weighted by atomic mass is 10.1. The molecule has 0 radical (unpaired) electrons. The first-order valence-electron chi connectivity index (χ1n) is 6.88. The Morgan fingerprint density at radius 3 is 2.48 bits per heavy atom. The van der Waals surface area contributed by atoms with Gasteiger partial charge in [-0.05, 0) is 48.6 Å². The lowest BCUT2D eigenvalue weighted by Gasteiger charge is -2.09. The van der Waals surface area contributed by atoms with Crippen molar-refractivity contribution in [3.63, 3.8) is 0 Å². The molecule has 2 N–H and O–H groups in total. The number of thioether (sulfide) groups is 1. The Hall–Kier alpha value is -1.99. The van der Waals surface area contributed by atoms with Crippen molar-refractivity contribution in [3.05, 3.63) is 54.1 Å². The summed E-state index contributed by atoms with van der Waals surface area (Å²) in [5.74, 6) is -0.878. The molecule has 0 unspecified atom stereocenters. The summed E-state index contributed by atoms with van der Waals surface area (Å²) >= 11 is 1.53. The number of sulfonamides is 1. The molecule has 0 aliphatic carbocycles. The Morgan fingerprint density at radius 2 is 1.87 bits per heavy atom. The fourth-order valence-corrected chi connectivity index (χ4v) is 3.50. The van der Waals surface area contributed by atoms with Gasteiger partial charge in [-0.2, -0.15) is 0 Å². The van der Waals surface area contributed by atoms with Crippen LogP contribution in [0, 0.1) is 0 Å². The monoisotopic (exact) mass is 351 g/mol. The van der Waals surface area contributed by atoms with E-state index in [0.29, 0.717) is 12.1 Å². The van der Waals surface area contributed by atoms with E-state index in [-0.39, 0.29) is 11.3 Å². The van der Waals surface area contributed by atoms with Gasteiger partial charge in [0.15, 0.2) is 0 Å². The number of hydrogen-bond donors (Lipinski definition) is 2. The molecular formula is C16H17NO4S2. The van der Waals surface area contributed by atoms with Gasteiger partial charge in [0.25, 0.3) is 10.0 Å². The predicted molar refractivity (Wildman–Crippen MR) is 91.4 cm³/mol. The van der Waals surface area contributed by atoms with Crippen LogP contribution in [-0.2, 0) is 21.2 Å². The van der Waals surface area contributed by atoms with Crippen LogP contribution < -0.4 is 4.72 Å². The van der Waals surface area contributed by atoms with Crippen LogP contribution in [0.25, 0.3) is 0 Å². The van der Waals surface area contributed by atoms with Crippen molar-refractivity contribution in [1.82, 2.24) is 0 Å². The second kappa shape index (κ2) is 7.52. The number of carbonyl (C=O) groups is 1. The molecule has 0 atom stereocenters. The largest absolute Gasteiger partial charge is 0.481 e. The maximum atomic E-state index is 12.4. The van der Waals surface area contributed by atoms with Crippen LogP contribution in [0.1, 0.15) is 12.0 Å². The lowest BCUT2D eigenvalue weighted by molar-refractivity contribution is -0.136. The zero-order valence-electron chi connectivity index (χ0n) is 12.5. The van der Waals surface area contributed by atoms with E-state index in [1.807, 2.05) is 12.3 Å². The number of anilines is 1. The summed E-state index contributed by atoms with van der Waals surface area (Å²) in [6.45, 7) is 0. The molecule has 122 valence electrons. The molecule has 0 aliphatic rings. The summed E-state index contributed by atoms with van der Waals surface area (Å²) in [7, 11) is -3.66. The zero-order valence-corrected chi connectivity index (χ0v) is 14.2. The first kappa shape index (κ1) is 17.4. The second-order valence-electron chi connectivity index (χ2n) is 4.88. The highest BCUT2D eigenvalue weighted by molar-refractivity contribution is 7.98. The van der Waals surface area contributed by atoms with Crippen LogP contribution >= 0.6 is 11.8 Å². The minimum atomic E-state index is -3.66. The number of aryl methyl sites for hydroxylation is 1. The summed E-state index contributed by atoms with van der Waals surface area (Å²) in [4.78, 5) is 11.7. The maximum absolute atomic E-state index is 12.4. The van der Waals surface area contributed by atoms with Crippen LogP contribution in [0.3, 0.4) is 0 Å². The molecule has 0 spiro atoms. The van der Waals surface area contributed by atoms with Crippen molar-refractivity contribution in [2.24, 2.45) is 0 Å². The van der Waals surface area contributed by atoms with Crippen molar-refractivity contribution >= 4 is 33.4 Å². The second-order valence-corrected chi connectivity index (χ2v) is 7.44. The van der Waals surface area contributed by atoms with Crippen LogP contribution in [0.15, 0.2) is 58.3 Å². The smallest absolute Gasteiger partial charge is 0.303 e. The molecule has 0 fully saturated rings. The average Bonchev–Trinajstić information content (AvgIpc) is 2.53. The molecule has 2 aromatic carbocycles. The zero-order chi connectivity index (χ0) is 16.9. The molecule has 5 nitrogen and oxygen atoms in total. The fourth-order valence-electron chi connectivity index (χ4n) is 1.99. The van der Waals surface area contributed by atoms with Gasteiger partial charge >= 0.3 is 5.97 Å². The number of carboxylic acid groups (broad SMARTS) is 1. The lowest BCUT2D eigenvalue weighted by Crippen LogP contribution is -2.13. The standard InChI is InChI=1S/C16H17NO4S2/c1-22-14-4-2-3-13(11-14)17-23(20,21)15-8-5-12(6-9-15)7-10-16(18)19/h2-6,8-9,11,17H,7,10H2,1H3,(H,18,19). The Kier molecular flexibility index (Phi) is 5.68. The summed E-state index contributed by atoms with van der Waals surface area (Å²) in [6, 6.07) is 13.4. The van der Waals surface area contributed by atoms with Crippen LogP contribution in [0.4, 0.5) is 5.69 Å². The number of benzene rings is 2. The number of carboxylic acids is 1. The number of hydrogen-bond acceptors (Lipinski definition) is 4. The van der Waals surface area contributed by atoms with Crippen molar-refractivity contribution in [2.75, 3.05) is 11.0 Å². The number of aliphatic carboxylic acids is 1. The molecule has 0 aliphatic heterocycles. The topological polar surface area (TPSA) is 83.5 Å². The van der Waals surface area contributed by atoms with Gasteiger partial charge < -0.3 is 5.11 Å². The molecule has 2 rings (SSSR count). The number of nitrogens with one attached hydrogen (secondary N) is 1. The Bertz CT molecular complexity index is 786. The van der Waals surface area contributed by atoms with Gasteiger partial charge in [-0.3, -0.25) is 9.52 Å². The summed E-state index contributed by atoms with van der Waals surface area (Å²) in [5, 5.41) is 8.66. The minimum absolute atomic E-state index is 0.0197. The van der Waals surface area contributed by atoms with Gasteiger partial charge in [0.05, 0.1) is 4.90 Å². The van der Waals surface area contributed by atoms with Crippen LogP contribution in [-0.4, -0.2) is 25.7 Å². The summed E-state index contributed by atoms with van der Waals surface area (Å²) in [6.07, 6.45) is 2.31. The first-order chi connectivity index (χ1) is 10.9. The molecule has 0 saturated heterocycles. The van der Waals surface area contributed by atoms with Crippen molar-refractivity contribution in [2.45, 2.75) is 22.6 Å². The van der Waals surface area contributed by atoms with Crippen molar-refractivity contribution in [1.29, 1.82) is 0 Å². The van der Waals surface area contributed by atoms with Crippen molar-refractivity contribution < 1.29 is 18.3 Å². The SMILES string of the molecule is CSc1cccc(NS(=O)(=O)c2ccc(CCC(=O)O)cc2)c1. The normalized spacial score (nSPS) is 11.2. The predicted octanol–water partition coefficient (Wildman–Crippen LogP) is 3.23. The molecule has 0 amide bonds. The highest BCUT2D eigenvalue weighted by Gasteiger charge is 2.14. The first-order valence-corrected chi connectivity index (χ1v) is 9.59. The van der Waals surface area contributed by atoms with Gasteiger partial charge in [0.1, 0.15) is 0 Å². The Morgan fingerprint density at radius 1 is 1.17 bits per heavy atom. The van der Waals surface area contributed by atoms with Gasteiger partial charge in [-0.1, -0.05) is 18.2 Å². The Balaban J connectivity index is 2.14. The van der Waals surface area contributed by atoms with Crippen LogP contribution in [0.2, 0.25) is 0 Å². The molecule has 7 heteroatoms. The maximum Gasteiger partial charge on any atom is 0.303 e. The van der Waals surface area contributed by atoms with Crippen LogP contribution in [0.5, 0.6) is 0 Å². The van der Waals surface area contributed by atoms with E-state index in [9.17, 15) is 13.2 Å². The van der Waals surface area contributed by atoms with E-state index in [0.717, 1.165) is 10.5 Å². The highest BCUT2D eigenvalue weighted by atomic mass is 32.2. The third-order valence-corrected chi connectivity index (χ3v) is 5.31. The third-order valence-electron chi connectivity index (χ3n) is 3.18. The average molecular weight is 351 g/mol. The number of rotatable bonds is 7. The van der Waals surface area contributed by atoms with E-state index >= 15 is 0 Å². The Labute approximate surface area is 139 Å². The summed E-state index contributed by atoms with van der Waals surface area (Å²) < 4.78 is 27.3. The highest BCUT2D eigenvalue weighted by Crippen LogP contribution is 2.22. The molecule has 23 heavy (non-hydrogen) atoms. The molecule has 2 aromatic rings. The molecule has 0 heterocycles. The fraction of sp³-hybridized carbons (Fsp3) is 0.188. The van der Waals surface area contributed by atoms with E-state index in [4.69, 9.17) is 5.11 Å². The van der Waals surface area contributed by atoms with E-state index in [1.165, 1.54) is 23.9 Å². The van der Waals surface area contributed by atoms with E-state index in [2.05, 4.69) is 4.72 Å². The molecule has 0 bridgehead atoms. The molecule has 0 aromatic heterocycles. The minimum Gasteiger partial charge on any atom is -0.481 e. The summed E-state index contributed by atoms with van der Waals surface area (Å²) in [5.41, 5.74) is 1.29. The van der Waals surface area contributed by atoms with Gasteiger partial charge in [0, 0.05) is 17.0 Å². The molecule has 0 saturated carbocycles. The van der Waals surface area contributed by atoms with E-state index < -0.39 is 16.0 Å². The molecular weight excluding hydrogens is 334 g/mol. The van der Waals surface area contributed by atoms with Crippen molar-refractivity contribution in [3.8, 4) is 0 Å². The van der Waals surface area contributed by atoms with Gasteiger partial charge in [-0.15, -0.1) is 11.8 Å². The quantitative estimate of drug-likeness (QED) is 0.748. The van der Waals surface area contributed by atoms with Gasteiger partial charge in [0.2, 0.25) is 0 Å². The van der Waals surface area contributed by atoms with E-state index in [1.54, 1.807) is 30.3 Å². The van der Waals surface area contributed by atoms with Gasteiger partial charge in [-0.25, -0.2) is 8.42 Å².